The summed E-state index contributed by atoms with van der Waals surface area (Å²) >= 11 is 0. The molecule has 3 aliphatic rings. The number of aromatic nitrogens is 1. The first kappa shape index (κ1) is 36.1. The predicted molar refractivity (Wildman–Crippen MR) is 183 cm³/mol. The standard InChI is InChI=1S/C35H47N5O8S/c1-9-21-18-35(21,31(43)39-49(45,46)23-13-14-23)38-28(41)26-17-22(47-29-25-12-10-11-20(2)24(25)15-16-36-29)19-40(26)30(42)27(33(3,4)5)37-32(44)48-34(6,7)8/h9-12,15-16,21-23,26-27H,1,13-14,17-19H2,2-8H3,(H,37,44)(H,38,41)(H,39,43)/t21-,22-,26+,27-,35-/m1/s1. The second kappa shape index (κ2) is 12.9. The summed E-state index contributed by atoms with van der Waals surface area (Å²) in [6.07, 6.45) is 2.78. The molecule has 4 amide bonds. The third-order valence-electron chi connectivity index (χ3n) is 9.14. The van der Waals surface area contributed by atoms with E-state index in [0.717, 1.165) is 16.3 Å². The number of amides is 4. The zero-order valence-corrected chi connectivity index (χ0v) is 30.0. The SMILES string of the molecule is C=C[C@@H]1C[C@]1(NC(=O)[C@@H]1C[C@@H](Oc2nccc3c(C)cccc23)CN1C(=O)[C@@H](NC(=O)OC(C)(C)C)C(C)(C)C)C(=O)NS(=O)(=O)C1CC1. The molecule has 3 N–H and O–H groups in total. The van der Waals surface area contributed by atoms with Gasteiger partial charge in [0.2, 0.25) is 27.7 Å². The monoisotopic (exact) mass is 697 g/mol. The number of nitrogens with zero attached hydrogens (tertiary/aromatic N) is 2. The van der Waals surface area contributed by atoms with Crippen molar-refractivity contribution < 1.29 is 37.1 Å². The predicted octanol–water partition coefficient (Wildman–Crippen LogP) is 3.50. The second-order valence-corrected chi connectivity index (χ2v) is 17.4. The van der Waals surface area contributed by atoms with Crippen molar-refractivity contribution in [1.82, 2.24) is 25.2 Å². The van der Waals surface area contributed by atoms with Crippen LogP contribution in [0.1, 0.15) is 72.8 Å². The average molecular weight is 698 g/mol. The fraction of sp³-hybridized carbons (Fsp3) is 0.571. The van der Waals surface area contributed by atoms with Crippen LogP contribution >= 0.6 is 0 Å². The van der Waals surface area contributed by atoms with Crippen LogP contribution in [0.4, 0.5) is 4.79 Å². The van der Waals surface area contributed by atoms with Gasteiger partial charge in [0.1, 0.15) is 29.3 Å². The van der Waals surface area contributed by atoms with Crippen molar-refractivity contribution in [3.63, 3.8) is 0 Å². The minimum Gasteiger partial charge on any atom is -0.472 e. The average Bonchev–Trinajstić information content (AvgIpc) is 3.91. The number of likely N-dealkylation sites (tertiary alicyclic amines) is 1. The maximum Gasteiger partial charge on any atom is 0.408 e. The summed E-state index contributed by atoms with van der Waals surface area (Å²) in [7, 11) is -3.89. The van der Waals surface area contributed by atoms with Crippen molar-refractivity contribution in [3.05, 3.63) is 48.7 Å². The number of nitrogens with one attached hydrogen (secondary N) is 3. The third kappa shape index (κ3) is 7.84. The Morgan fingerprint density at radius 3 is 2.37 bits per heavy atom. The fourth-order valence-corrected chi connectivity index (χ4v) is 7.59. The molecule has 0 radical (unpaired) electrons. The van der Waals surface area contributed by atoms with Crippen molar-refractivity contribution >= 4 is 44.6 Å². The van der Waals surface area contributed by atoms with Crippen LogP contribution in [0.3, 0.4) is 0 Å². The number of ether oxygens (including phenoxy) is 2. The Morgan fingerprint density at radius 2 is 1.78 bits per heavy atom. The highest BCUT2D eigenvalue weighted by Gasteiger charge is 2.62. The van der Waals surface area contributed by atoms with Gasteiger partial charge in [0, 0.05) is 23.9 Å². The van der Waals surface area contributed by atoms with E-state index in [1.807, 2.05) is 31.2 Å². The van der Waals surface area contributed by atoms with E-state index < -0.39 is 79.7 Å². The van der Waals surface area contributed by atoms with Crippen molar-refractivity contribution in [3.8, 4) is 5.88 Å². The maximum atomic E-state index is 14.4. The smallest absolute Gasteiger partial charge is 0.408 e. The van der Waals surface area contributed by atoms with Crippen molar-refractivity contribution in [2.45, 2.75) is 109 Å². The van der Waals surface area contributed by atoms with Gasteiger partial charge in [-0.3, -0.25) is 19.1 Å². The van der Waals surface area contributed by atoms with Crippen LogP contribution in [0.25, 0.3) is 10.8 Å². The lowest BCUT2D eigenvalue weighted by Gasteiger charge is -2.36. The zero-order valence-electron chi connectivity index (χ0n) is 29.2. The summed E-state index contributed by atoms with van der Waals surface area (Å²) in [5.74, 6) is -2.21. The Labute approximate surface area is 287 Å². The van der Waals surface area contributed by atoms with E-state index in [1.165, 1.54) is 11.0 Å². The molecule has 0 unspecified atom stereocenters. The number of carbonyl (C=O) groups excluding carboxylic acids is 4. The quantitative estimate of drug-likeness (QED) is 0.314. The van der Waals surface area contributed by atoms with Crippen LogP contribution in [0.5, 0.6) is 5.88 Å². The van der Waals surface area contributed by atoms with E-state index in [-0.39, 0.29) is 19.4 Å². The van der Waals surface area contributed by atoms with Crippen LogP contribution in [0, 0.1) is 18.3 Å². The lowest BCUT2D eigenvalue weighted by molar-refractivity contribution is -0.143. The molecule has 2 saturated carbocycles. The van der Waals surface area contributed by atoms with Gasteiger partial charge < -0.3 is 25.0 Å². The molecule has 2 heterocycles. The molecule has 0 bridgehead atoms. The Morgan fingerprint density at radius 1 is 1.08 bits per heavy atom. The zero-order chi connectivity index (χ0) is 36.1. The van der Waals surface area contributed by atoms with E-state index in [9.17, 15) is 27.6 Å². The van der Waals surface area contributed by atoms with Gasteiger partial charge in [-0.2, -0.15) is 0 Å². The summed E-state index contributed by atoms with van der Waals surface area (Å²) in [6.45, 7) is 16.2. The highest BCUT2D eigenvalue weighted by Crippen LogP contribution is 2.45. The normalized spacial score (nSPS) is 24.5. The van der Waals surface area contributed by atoms with Gasteiger partial charge in [-0.05, 0) is 75.5 Å². The molecule has 266 valence electrons. The van der Waals surface area contributed by atoms with Crippen LogP contribution in [0.2, 0.25) is 0 Å². The number of fused-ring (bicyclic) bond motifs is 1. The molecule has 5 rings (SSSR count). The molecule has 49 heavy (non-hydrogen) atoms. The number of hydrogen-bond donors (Lipinski definition) is 3. The van der Waals surface area contributed by atoms with Crippen LogP contribution < -0.4 is 20.1 Å². The molecule has 2 aliphatic carbocycles. The maximum absolute atomic E-state index is 14.4. The van der Waals surface area contributed by atoms with Crippen molar-refractivity contribution in [1.29, 1.82) is 0 Å². The highest BCUT2D eigenvalue weighted by molar-refractivity contribution is 7.91. The van der Waals surface area contributed by atoms with E-state index in [2.05, 4.69) is 26.9 Å². The largest absolute Gasteiger partial charge is 0.472 e. The number of carbonyl (C=O) groups is 4. The van der Waals surface area contributed by atoms with Gasteiger partial charge in [-0.1, -0.05) is 39.0 Å². The van der Waals surface area contributed by atoms with E-state index in [0.29, 0.717) is 18.7 Å². The summed E-state index contributed by atoms with van der Waals surface area (Å²) in [5.41, 5.74) is -2.13. The Hall–Kier alpha value is -4.20. The number of alkyl carbamates (subject to hydrolysis) is 1. The molecular formula is C35H47N5O8S. The van der Waals surface area contributed by atoms with Crippen molar-refractivity contribution in [2.75, 3.05) is 6.54 Å². The lowest BCUT2D eigenvalue weighted by atomic mass is 9.85. The number of benzene rings is 1. The summed E-state index contributed by atoms with van der Waals surface area (Å²) in [4.78, 5) is 60.7. The molecule has 1 aromatic heterocycles. The Kier molecular flexibility index (Phi) is 9.52. The van der Waals surface area contributed by atoms with Gasteiger partial charge in [-0.25, -0.2) is 18.2 Å². The number of sulfonamides is 1. The molecule has 1 aromatic carbocycles. The van der Waals surface area contributed by atoms with Gasteiger partial charge in [0.25, 0.3) is 5.91 Å². The van der Waals surface area contributed by atoms with Gasteiger partial charge >= 0.3 is 6.09 Å². The van der Waals surface area contributed by atoms with E-state index in [4.69, 9.17) is 9.47 Å². The second-order valence-electron chi connectivity index (χ2n) is 15.4. The van der Waals surface area contributed by atoms with Gasteiger partial charge in [0.05, 0.1) is 11.8 Å². The highest BCUT2D eigenvalue weighted by atomic mass is 32.2. The number of hydrogen-bond acceptors (Lipinski definition) is 9. The van der Waals surface area contributed by atoms with Crippen LogP contribution in [0.15, 0.2) is 43.1 Å². The first-order valence-electron chi connectivity index (χ1n) is 16.6. The number of pyridine rings is 1. The minimum absolute atomic E-state index is 0.0243. The molecule has 0 spiro atoms. The summed E-state index contributed by atoms with van der Waals surface area (Å²) < 4.78 is 39.3. The Balaban J connectivity index is 1.44. The number of aryl methyl sites for hydroxylation is 1. The lowest BCUT2D eigenvalue weighted by Crippen LogP contribution is -2.60. The topological polar surface area (TPSA) is 173 Å². The number of rotatable bonds is 10. The molecule has 13 nitrogen and oxygen atoms in total. The van der Waals surface area contributed by atoms with E-state index >= 15 is 0 Å². The molecule has 5 atom stereocenters. The molecular weight excluding hydrogens is 650 g/mol. The molecule has 1 aliphatic heterocycles. The third-order valence-corrected chi connectivity index (χ3v) is 11.0. The van der Waals surface area contributed by atoms with Gasteiger partial charge in [0.15, 0.2) is 0 Å². The first-order chi connectivity index (χ1) is 22.8. The molecule has 2 aromatic rings. The fourth-order valence-electron chi connectivity index (χ4n) is 6.22. The van der Waals surface area contributed by atoms with Crippen LogP contribution in [-0.4, -0.2) is 83.2 Å². The minimum atomic E-state index is -3.89. The van der Waals surface area contributed by atoms with Gasteiger partial charge in [-0.15, -0.1) is 6.58 Å². The summed E-state index contributed by atoms with van der Waals surface area (Å²) in [5, 5.41) is 6.56. The summed E-state index contributed by atoms with van der Waals surface area (Å²) in [6, 6.07) is 5.40. The molecule has 3 fully saturated rings. The van der Waals surface area contributed by atoms with Crippen LogP contribution in [-0.2, 0) is 29.1 Å². The molecule has 1 saturated heterocycles. The van der Waals surface area contributed by atoms with Crippen molar-refractivity contribution in [2.24, 2.45) is 11.3 Å². The Bertz CT molecular complexity index is 1780. The first-order valence-corrected chi connectivity index (χ1v) is 18.1. The molecule has 14 heteroatoms. The van der Waals surface area contributed by atoms with E-state index in [1.54, 1.807) is 47.7 Å².